The van der Waals surface area contributed by atoms with Crippen LogP contribution in [0.15, 0.2) is 48.9 Å². The van der Waals surface area contributed by atoms with Gasteiger partial charge in [-0.15, -0.1) is 0 Å². The standard InChI is InChI=1S/C15H14ClN5O/c1-22-13-4-2-12(3-5-13)21-7-6-11(20-21)8-18-15-10-17-9-14(16)19-15/h2-7,9-10H,8H2,1H3,(H,18,19). The van der Waals surface area contributed by atoms with Crippen LogP contribution in [0.1, 0.15) is 5.69 Å². The Kier molecular flexibility index (Phi) is 4.20. The second-order valence-electron chi connectivity index (χ2n) is 4.53. The Morgan fingerprint density at radius 1 is 1.18 bits per heavy atom. The van der Waals surface area contributed by atoms with Gasteiger partial charge in [-0.1, -0.05) is 11.6 Å². The highest BCUT2D eigenvalue weighted by Crippen LogP contribution is 2.15. The molecule has 7 heteroatoms. The van der Waals surface area contributed by atoms with Crippen LogP contribution in [-0.2, 0) is 6.54 Å². The van der Waals surface area contributed by atoms with E-state index in [1.54, 1.807) is 18.0 Å². The first kappa shape index (κ1) is 14.3. The third kappa shape index (κ3) is 3.35. The molecule has 0 fully saturated rings. The molecule has 0 spiro atoms. The summed E-state index contributed by atoms with van der Waals surface area (Å²) in [7, 11) is 1.64. The molecule has 0 aliphatic carbocycles. The predicted octanol–water partition coefficient (Wildman–Crippen LogP) is 2.94. The van der Waals surface area contributed by atoms with Crippen LogP contribution in [0.5, 0.6) is 5.75 Å². The fourth-order valence-corrected chi connectivity index (χ4v) is 2.09. The summed E-state index contributed by atoms with van der Waals surface area (Å²) in [5, 5.41) is 7.99. The number of nitrogens with zero attached hydrogens (tertiary/aromatic N) is 4. The molecular formula is C15H14ClN5O. The number of hydrogen-bond donors (Lipinski definition) is 1. The average molecular weight is 316 g/mol. The van der Waals surface area contributed by atoms with Crippen molar-refractivity contribution in [3.63, 3.8) is 0 Å². The molecule has 0 saturated carbocycles. The van der Waals surface area contributed by atoms with Crippen molar-refractivity contribution >= 4 is 17.4 Å². The van der Waals surface area contributed by atoms with Crippen molar-refractivity contribution in [2.45, 2.75) is 6.54 Å². The van der Waals surface area contributed by atoms with Gasteiger partial charge in [0.2, 0.25) is 0 Å². The van der Waals surface area contributed by atoms with Crippen LogP contribution in [0.2, 0.25) is 5.15 Å². The minimum Gasteiger partial charge on any atom is -0.497 e. The van der Waals surface area contributed by atoms with Crippen LogP contribution in [-0.4, -0.2) is 26.9 Å². The minimum absolute atomic E-state index is 0.355. The summed E-state index contributed by atoms with van der Waals surface area (Å²) in [5.74, 6) is 1.43. The lowest BCUT2D eigenvalue weighted by atomic mass is 10.3. The number of nitrogens with one attached hydrogen (secondary N) is 1. The number of rotatable bonds is 5. The van der Waals surface area contributed by atoms with Crippen molar-refractivity contribution in [1.82, 2.24) is 19.7 Å². The van der Waals surface area contributed by atoms with Gasteiger partial charge in [0.1, 0.15) is 16.7 Å². The van der Waals surface area contributed by atoms with Crippen LogP contribution < -0.4 is 10.1 Å². The maximum Gasteiger partial charge on any atom is 0.149 e. The van der Waals surface area contributed by atoms with Crippen molar-refractivity contribution < 1.29 is 4.74 Å². The molecule has 0 bridgehead atoms. The Balaban J connectivity index is 1.68. The molecule has 0 radical (unpaired) electrons. The lowest BCUT2D eigenvalue weighted by Gasteiger charge is -2.04. The Morgan fingerprint density at radius 2 is 2.00 bits per heavy atom. The maximum absolute atomic E-state index is 5.79. The van der Waals surface area contributed by atoms with Crippen molar-refractivity contribution in [3.05, 3.63) is 59.8 Å². The van der Waals surface area contributed by atoms with E-state index in [2.05, 4.69) is 20.4 Å². The molecule has 0 unspecified atom stereocenters. The zero-order valence-corrected chi connectivity index (χ0v) is 12.7. The molecule has 2 aromatic heterocycles. The quantitative estimate of drug-likeness (QED) is 0.784. The van der Waals surface area contributed by atoms with E-state index in [0.717, 1.165) is 17.1 Å². The lowest BCUT2D eigenvalue weighted by Crippen LogP contribution is -2.03. The lowest BCUT2D eigenvalue weighted by molar-refractivity contribution is 0.414. The zero-order valence-electron chi connectivity index (χ0n) is 11.9. The van der Waals surface area contributed by atoms with Crippen molar-refractivity contribution in [3.8, 4) is 11.4 Å². The molecular weight excluding hydrogens is 302 g/mol. The largest absolute Gasteiger partial charge is 0.497 e. The van der Waals surface area contributed by atoms with Crippen LogP contribution in [0.3, 0.4) is 0 Å². The molecule has 1 N–H and O–H groups in total. The van der Waals surface area contributed by atoms with Crippen LogP contribution >= 0.6 is 11.6 Å². The van der Waals surface area contributed by atoms with Gasteiger partial charge in [-0.2, -0.15) is 5.10 Å². The van der Waals surface area contributed by atoms with Crippen molar-refractivity contribution in [2.24, 2.45) is 0 Å². The molecule has 112 valence electrons. The fraction of sp³-hybridized carbons (Fsp3) is 0.133. The van der Waals surface area contributed by atoms with Gasteiger partial charge in [0, 0.05) is 6.20 Å². The fourth-order valence-electron chi connectivity index (χ4n) is 1.94. The van der Waals surface area contributed by atoms with E-state index in [9.17, 15) is 0 Å². The second-order valence-corrected chi connectivity index (χ2v) is 4.92. The van der Waals surface area contributed by atoms with E-state index < -0.39 is 0 Å². The minimum atomic E-state index is 0.355. The van der Waals surface area contributed by atoms with Crippen LogP contribution in [0, 0.1) is 0 Å². The molecule has 6 nitrogen and oxygen atoms in total. The summed E-state index contributed by atoms with van der Waals surface area (Å²) in [6.07, 6.45) is 5.01. The van der Waals surface area contributed by atoms with Gasteiger partial charge in [0.25, 0.3) is 0 Å². The maximum atomic E-state index is 5.79. The summed E-state index contributed by atoms with van der Waals surface area (Å²) >= 11 is 5.79. The SMILES string of the molecule is COc1ccc(-n2ccc(CNc3cncc(Cl)n3)n2)cc1. The molecule has 1 aromatic carbocycles. The molecule has 2 heterocycles. The van der Waals surface area contributed by atoms with Crippen LogP contribution in [0.25, 0.3) is 5.69 Å². The summed E-state index contributed by atoms with van der Waals surface area (Å²) < 4.78 is 6.95. The zero-order chi connectivity index (χ0) is 15.4. The normalized spacial score (nSPS) is 10.5. The van der Waals surface area contributed by atoms with Gasteiger partial charge < -0.3 is 10.1 Å². The van der Waals surface area contributed by atoms with Gasteiger partial charge in [-0.05, 0) is 30.3 Å². The summed E-state index contributed by atoms with van der Waals surface area (Å²) in [5.41, 5.74) is 1.85. The highest BCUT2D eigenvalue weighted by Gasteiger charge is 2.03. The average Bonchev–Trinajstić information content (AvgIpc) is 3.02. The second kappa shape index (κ2) is 6.44. The number of benzene rings is 1. The number of aromatic nitrogens is 4. The smallest absolute Gasteiger partial charge is 0.149 e. The van der Waals surface area contributed by atoms with Crippen LogP contribution in [0.4, 0.5) is 5.82 Å². The highest BCUT2D eigenvalue weighted by atomic mass is 35.5. The summed E-state index contributed by atoms with van der Waals surface area (Å²) in [6.45, 7) is 0.540. The molecule has 0 aliphatic rings. The van der Waals surface area contributed by atoms with Crippen molar-refractivity contribution in [1.29, 1.82) is 0 Å². The molecule has 3 aromatic rings. The third-order valence-electron chi connectivity index (χ3n) is 3.04. The van der Waals surface area contributed by atoms with Gasteiger partial charge in [0.15, 0.2) is 0 Å². The molecule has 22 heavy (non-hydrogen) atoms. The Morgan fingerprint density at radius 3 is 2.73 bits per heavy atom. The topological polar surface area (TPSA) is 64.9 Å². The molecule has 0 atom stereocenters. The van der Waals surface area contributed by atoms with Crippen molar-refractivity contribution in [2.75, 3.05) is 12.4 Å². The predicted molar refractivity (Wildman–Crippen MR) is 84.5 cm³/mol. The number of methoxy groups -OCH3 is 1. The summed E-state index contributed by atoms with van der Waals surface area (Å²) in [6, 6.07) is 9.64. The number of ether oxygens (including phenoxy) is 1. The number of anilines is 1. The molecule has 0 amide bonds. The van der Waals surface area contributed by atoms with Gasteiger partial charge in [-0.3, -0.25) is 4.98 Å². The Bertz CT molecular complexity index is 757. The van der Waals surface area contributed by atoms with E-state index in [-0.39, 0.29) is 0 Å². The van der Waals surface area contributed by atoms with E-state index in [0.29, 0.717) is 17.5 Å². The first-order chi connectivity index (χ1) is 10.7. The van der Waals surface area contributed by atoms with Gasteiger partial charge in [0.05, 0.1) is 37.4 Å². The van der Waals surface area contributed by atoms with Gasteiger partial charge >= 0.3 is 0 Å². The first-order valence-electron chi connectivity index (χ1n) is 6.65. The van der Waals surface area contributed by atoms with E-state index in [4.69, 9.17) is 16.3 Å². The molecule has 0 aliphatic heterocycles. The third-order valence-corrected chi connectivity index (χ3v) is 3.22. The summed E-state index contributed by atoms with van der Waals surface area (Å²) in [4.78, 5) is 8.09. The Labute approximate surface area is 132 Å². The first-order valence-corrected chi connectivity index (χ1v) is 7.03. The van der Waals surface area contributed by atoms with E-state index in [1.807, 2.05) is 36.5 Å². The molecule has 3 rings (SSSR count). The molecule has 0 saturated heterocycles. The van der Waals surface area contributed by atoms with Gasteiger partial charge in [-0.25, -0.2) is 9.67 Å². The number of hydrogen-bond acceptors (Lipinski definition) is 5. The number of halogens is 1. The van der Waals surface area contributed by atoms with E-state index in [1.165, 1.54) is 6.20 Å². The van der Waals surface area contributed by atoms with E-state index >= 15 is 0 Å². The monoisotopic (exact) mass is 315 g/mol. The highest BCUT2D eigenvalue weighted by molar-refractivity contribution is 6.29. The Hall–Kier alpha value is -2.60.